The molecule has 0 atom stereocenters. The lowest BCUT2D eigenvalue weighted by Gasteiger charge is -2.09. The first-order valence-electron chi connectivity index (χ1n) is 5.79. The van der Waals surface area contributed by atoms with E-state index in [9.17, 15) is 0 Å². The van der Waals surface area contributed by atoms with Gasteiger partial charge in [-0.05, 0) is 22.0 Å². The van der Waals surface area contributed by atoms with E-state index >= 15 is 0 Å². The van der Waals surface area contributed by atoms with Crippen molar-refractivity contribution in [3.05, 3.63) is 32.8 Å². The van der Waals surface area contributed by atoms with Gasteiger partial charge in [0.25, 0.3) is 0 Å². The molecule has 6 nitrogen and oxygen atoms in total. The molecule has 0 bridgehead atoms. The summed E-state index contributed by atoms with van der Waals surface area (Å²) in [6.07, 6.45) is 1.58. The second kappa shape index (κ2) is 5.67. The number of anilines is 1. The standard InChI is InChI=1S/C12H8BrCl2N5O/c1-16-12-18-10-5(4-17-20-10)11(19-12)21-9-3-7(14)6(13)2-8(9)15/h2-4H,1H3,(H2,16,17,18,19,20). The summed E-state index contributed by atoms with van der Waals surface area (Å²) < 4.78 is 6.46. The topological polar surface area (TPSA) is 75.7 Å². The first-order valence-corrected chi connectivity index (χ1v) is 7.34. The van der Waals surface area contributed by atoms with Crippen LogP contribution in [0, 0.1) is 0 Å². The molecule has 0 fully saturated rings. The average molecular weight is 389 g/mol. The number of halogens is 3. The van der Waals surface area contributed by atoms with Crippen molar-refractivity contribution in [3.8, 4) is 11.6 Å². The molecule has 0 radical (unpaired) electrons. The van der Waals surface area contributed by atoms with E-state index < -0.39 is 0 Å². The third-order valence-electron chi connectivity index (χ3n) is 2.68. The first kappa shape index (κ1) is 14.4. The van der Waals surface area contributed by atoms with E-state index in [1.165, 1.54) is 0 Å². The van der Waals surface area contributed by atoms with Crippen molar-refractivity contribution < 1.29 is 4.74 Å². The maximum Gasteiger partial charge on any atom is 0.235 e. The van der Waals surface area contributed by atoms with Gasteiger partial charge in [0.05, 0.1) is 16.2 Å². The van der Waals surface area contributed by atoms with Crippen molar-refractivity contribution >= 4 is 56.1 Å². The summed E-state index contributed by atoms with van der Waals surface area (Å²) in [7, 11) is 1.71. The molecule has 2 aromatic heterocycles. The molecule has 21 heavy (non-hydrogen) atoms. The second-order valence-corrected chi connectivity index (χ2v) is 5.70. The number of nitrogens with one attached hydrogen (secondary N) is 2. The molecule has 0 aliphatic rings. The Morgan fingerprint density at radius 3 is 2.81 bits per heavy atom. The fourth-order valence-electron chi connectivity index (χ4n) is 1.68. The van der Waals surface area contributed by atoms with Gasteiger partial charge in [-0.15, -0.1) is 0 Å². The summed E-state index contributed by atoms with van der Waals surface area (Å²) in [6, 6.07) is 3.27. The molecule has 0 amide bonds. The van der Waals surface area contributed by atoms with E-state index in [1.54, 1.807) is 25.4 Å². The fraction of sp³-hybridized carbons (Fsp3) is 0.0833. The van der Waals surface area contributed by atoms with Gasteiger partial charge in [0.2, 0.25) is 11.8 Å². The predicted octanol–water partition coefficient (Wildman–Crippen LogP) is 4.26. The number of aromatic nitrogens is 4. The summed E-state index contributed by atoms with van der Waals surface area (Å²) >= 11 is 15.5. The van der Waals surface area contributed by atoms with Gasteiger partial charge >= 0.3 is 0 Å². The summed E-state index contributed by atoms with van der Waals surface area (Å²) in [6.45, 7) is 0. The van der Waals surface area contributed by atoms with Crippen LogP contribution in [0.4, 0.5) is 5.95 Å². The van der Waals surface area contributed by atoms with Gasteiger partial charge in [0, 0.05) is 17.6 Å². The van der Waals surface area contributed by atoms with E-state index in [2.05, 4.69) is 41.4 Å². The highest BCUT2D eigenvalue weighted by molar-refractivity contribution is 9.10. The van der Waals surface area contributed by atoms with E-state index in [-0.39, 0.29) is 0 Å². The highest BCUT2D eigenvalue weighted by Gasteiger charge is 2.14. The summed E-state index contributed by atoms with van der Waals surface area (Å²) in [5.74, 6) is 1.13. The van der Waals surface area contributed by atoms with Crippen molar-refractivity contribution in [1.29, 1.82) is 0 Å². The summed E-state index contributed by atoms with van der Waals surface area (Å²) in [5, 5.41) is 11.1. The molecule has 0 aliphatic heterocycles. The Balaban J connectivity index is 2.09. The zero-order valence-corrected chi connectivity index (χ0v) is 13.7. The molecular weight excluding hydrogens is 381 g/mol. The minimum atomic E-state index is 0.332. The quantitative estimate of drug-likeness (QED) is 0.655. The number of H-pyrrole nitrogens is 1. The zero-order chi connectivity index (χ0) is 15.0. The van der Waals surface area contributed by atoms with Crippen molar-refractivity contribution in [2.45, 2.75) is 0 Å². The number of benzene rings is 1. The van der Waals surface area contributed by atoms with Crippen LogP contribution in [-0.4, -0.2) is 27.2 Å². The van der Waals surface area contributed by atoms with Crippen LogP contribution in [-0.2, 0) is 0 Å². The van der Waals surface area contributed by atoms with Crippen LogP contribution in [0.15, 0.2) is 22.8 Å². The minimum Gasteiger partial charge on any atom is -0.436 e. The number of fused-ring (bicyclic) bond motifs is 1. The Kier molecular flexibility index (Phi) is 3.88. The molecule has 0 saturated carbocycles. The first-order chi connectivity index (χ1) is 10.1. The van der Waals surface area contributed by atoms with Crippen molar-refractivity contribution in [2.24, 2.45) is 0 Å². The minimum absolute atomic E-state index is 0.332. The van der Waals surface area contributed by atoms with Crippen molar-refractivity contribution in [2.75, 3.05) is 12.4 Å². The SMILES string of the molecule is CNc1nc(Oc2cc(Cl)c(Br)cc2Cl)c2cn[nH]c2n1. The zero-order valence-electron chi connectivity index (χ0n) is 10.6. The highest BCUT2D eigenvalue weighted by Crippen LogP contribution is 2.37. The molecule has 9 heteroatoms. The molecule has 2 N–H and O–H groups in total. The summed E-state index contributed by atoms with van der Waals surface area (Å²) in [4.78, 5) is 8.49. The van der Waals surface area contributed by atoms with E-state index in [4.69, 9.17) is 27.9 Å². The van der Waals surface area contributed by atoms with Crippen LogP contribution >= 0.6 is 39.1 Å². The van der Waals surface area contributed by atoms with E-state index in [1.807, 2.05) is 0 Å². The maximum absolute atomic E-state index is 6.15. The molecular formula is C12H8BrCl2N5O. The van der Waals surface area contributed by atoms with Crippen LogP contribution in [0.3, 0.4) is 0 Å². The number of aromatic amines is 1. The number of nitrogens with zero attached hydrogens (tertiary/aromatic N) is 3. The Hall–Kier alpha value is -1.57. The Labute approximate surface area is 138 Å². The molecule has 3 rings (SSSR count). The monoisotopic (exact) mass is 387 g/mol. The second-order valence-electron chi connectivity index (χ2n) is 4.03. The average Bonchev–Trinajstić information content (AvgIpc) is 2.93. The molecule has 2 heterocycles. The van der Waals surface area contributed by atoms with Crippen LogP contribution in [0.25, 0.3) is 11.0 Å². The maximum atomic E-state index is 6.15. The van der Waals surface area contributed by atoms with E-state index in [0.717, 1.165) is 0 Å². The van der Waals surface area contributed by atoms with Gasteiger partial charge in [-0.3, -0.25) is 5.10 Å². The molecule has 3 aromatic rings. The van der Waals surface area contributed by atoms with Crippen molar-refractivity contribution in [3.63, 3.8) is 0 Å². The normalized spacial score (nSPS) is 10.9. The lowest BCUT2D eigenvalue weighted by Crippen LogP contribution is -1.99. The number of rotatable bonds is 3. The largest absolute Gasteiger partial charge is 0.436 e. The smallest absolute Gasteiger partial charge is 0.235 e. The van der Waals surface area contributed by atoms with Crippen molar-refractivity contribution in [1.82, 2.24) is 20.2 Å². The summed E-state index contributed by atoms with van der Waals surface area (Å²) in [5.41, 5.74) is 0.559. The van der Waals surface area contributed by atoms with Crippen LogP contribution in [0.1, 0.15) is 0 Å². The predicted molar refractivity (Wildman–Crippen MR) is 85.5 cm³/mol. The number of hydrogen-bond donors (Lipinski definition) is 2. The molecule has 0 spiro atoms. The lowest BCUT2D eigenvalue weighted by molar-refractivity contribution is 0.469. The highest BCUT2D eigenvalue weighted by atomic mass is 79.9. The lowest BCUT2D eigenvalue weighted by atomic mass is 10.3. The van der Waals surface area contributed by atoms with Gasteiger partial charge in [0.15, 0.2) is 5.65 Å². The van der Waals surface area contributed by atoms with Crippen LogP contribution in [0.5, 0.6) is 11.6 Å². The molecule has 0 unspecified atom stereocenters. The van der Waals surface area contributed by atoms with Gasteiger partial charge in [-0.2, -0.15) is 15.1 Å². The Morgan fingerprint density at radius 2 is 2.05 bits per heavy atom. The third kappa shape index (κ3) is 2.76. The molecule has 108 valence electrons. The third-order valence-corrected chi connectivity index (χ3v) is 4.17. The van der Waals surface area contributed by atoms with Gasteiger partial charge in [-0.1, -0.05) is 23.2 Å². The Morgan fingerprint density at radius 1 is 1.24 bits per heavy atom. The molecule has 1 aromatic carbocycles. The fourth-order valence-corrected chi connectivity index (χ4v) is 2.52. The Bertz CT molecular complexity index is 823. The molecule has 0 aliphatic carbocycles. The number of ether oxygens (including phenoxy) is 1. The van der Waals surface area contributed by atoms with Gasteiger partial charge in [-0.25, -0.2) is 0 Å². The van der Waals surface area contributed by atoms with Gasteiger partial charge in [0.1, 0.15) is 11.1 Å². The van der Waals surface area contributed by atoms with Gasteiger partial charge < -0.3 is 10.1 Å². The molecule has 0 saturated heterocycles. The van der Waals surface area contributed by atoms with E-state index in [0.29, 0.717) is 43.1 Å². The number of hydrogen-bond acceptors (Lipinski definition) is 5. The van der Waals surface area contributed by atoms with Crippen LogP contribution in [0.2, 0.25) is 10.0 Å². The van der Waals surface area contributed by atoms with Crippen LogP contribution < -0.4 is 10.1 Å².